The van der Waals surface area contributed by atoms with E-state index in [2.05, 4.69) is 36.3 Å². The Labute approximate surface area is 132 Å². The Hall–Kier alpha value is -1.91. The van der Waals surface area contributed by atoms with E-state index in [9.17, 15) is 5.11 Å². The third-order valence-corrected chi connectivity index (χ3v) is 4.12. The van der Waals surface area contributed by atoms with E-state index in [-0.39, 0.29) is 6.04 Å². The van der Waals surface area contributed by atoms with Crippen LogP contribution in [0.5, 0.6) is 5.75 Å². The summed E-state index contributed by atoms with van der Waals surface area (Å²) in [6.45, 7) is 4.83. The maximum Gasteiger partial charge on any atom is 0.118 e. The number of hydrogen-bond acceptors (Lipinski definition) is 4. The van der Waals surface area contributed by atoms with Crippen LogP contribution in [0, 0.1) is 0 Å². The molecular formula is C18H24N2O2. The molecule has 3 atom stereocenters. The van der Waals surface area contributed by atoms with Gasteiger partial charge in [0.1, 0.15) is 5.75 Å². The van der Waals surface area contributed by atoms with Gasteiger partial charge in [-0.2, -0.15) is 0 Å². The summed E-state index contributed by atoms with van der Waals surface area (Å²) in [5.74, 6) is 1.21. The Balaban J connectivity index is 1.89. The second-order valence-corrected chi connectivity index (χ2v) is 5.56. The largest absolute Gasteiger partial charge is 0.497 e. The highest BCUT2D eigenvalue weighted by atomic mass is 16.5. The first-order chi connectivity index (χ1) is 10.6. The molecule has 1 aromatic carbocycles. The molecular weight excluding hydrogens is 276 g/mol. The fraction of sp³-hybridized carbons (Fsp3) is 0.389. The van der Waals surface area contributed by atoms with Crippen molar-refractivity contribution < 1.29 is 9.84 Å². The average Bonchev–Trinajstić information content (AvgIpc) is 2.59. The Bertz CT molecular complexity index is 557. The number of aliphatic hydroxyl groups excluding tert-OH is 1. The molecule has 0 aliphatic heterocycles. The van der Waals surface area contributed by atoms with Gasteiger partial charge < -0.3 is 15.2 Å². The summed E-state index contributed by atoms with van der Waals surface area (Å²) in [4.78, 5) is 3.96. The van der Waals surface area contributed by atoms with Gasteiger partial charge in [-0.25, -0.2) is 0 Å². The quantitative estimate of drug-likeness (QED) is 0.825. The number of aliphatic hydroxyl groups is 1. The third-order valence-electron chi connectivity index (χ3n) is 4.12. The Morgan fingerprint density at radius 3 is 2.27 bits per heavy atom. The van der Waals surface area contributed by atoms with Crippen LogP contribution in [0.15, 0.2) is 48.8 Å². The van der Waals surface area contributed by atoms with E-state index in [4.69, 9.17) is 4.74 Å². The van der Waals surface area contributed by atoms with Gasteiger partial charge in [-0.15, -0.1) is 0 Å². The molecule has 0 fully saturated rings. The minimum absolute atomic E-state index is 0.255. The first-order valence-electron chi connectivity index (χ1n) is 7.57. The predicted molar refractivity (Wildman–Crippen MR) is 88.1 cm³/mol. The van der Waals surface area contributed by atoms with Gasteiger partial charge in [0.2, 0.25) is 0 Å². The summed E-state index contributed by atoms with van der Waals surface area (Å²) in [6.07, 6.45) is 2.87. The molecule has 118 valence electrons. The van der Waals surface area contributed by atoms with Crippen LogP contribution >= 0.6 is 0 Å². The highest BCUT2D eigenvalue weighted by Gasteiger charge is 2.16. The number of ether oxygens (including phenoxy) is 1. The molecule has 2 aromatic rings. The number of methoxy groups -OCH3 is 1. The summed E-state index contributed by atoms with van der Waals surface area (Å²) >= 11 is 0. The molecule has 1 aromatic heterocycles. The summed E-state index contributed by atoms with van der Waals surface area (Å²) in [7, 11) is 1.67. The van der Waals surface area contributed by atoms with Gasteiger partial charge in [-0.1, -0.05) is 19.1 Å². The van der Waals surface area contributed by atoms with E-state index in [1.807, 2.05) is 24.3 Å². The van der Waals surface area contributed by atoms with Gasteiger partial charge >= 0.3 is 0 Å². The first kappa shape index (κ1) is 16.5. The van der Waals surface area contributed by atoms with Crippen molar-refractivity contribution in [2.45, 2.75) is 31.9 Å². The topological polar surface area (TPSA) is 54.4 Å². The molecule has 2 rings (SSSR count). The van der Waals surface area contributed by atoms with Crippen molar-refractivity contribution in [1.82, 2.24) is 10.3 Å². The van der Waals surface area contributed by atoms with Crippen molar-refractivity contribution in [2.24, 2.45) is 0 Å². The minimum atomic E-state index is -0.520. The molecule has 0 bridgehead atoms. The summed E-state index contributed by atoms with van der Waals surface area (Å²) < 4.78 is 5.18. The number of rotatable bonds is 7. The number of nitrogens with zero attached hydrogens (tertiary/aromatic N) is 1. The molecule has 0 aliphatic carbocycles. The summed E-state index contributed by atoms with van der Waals surface area (Å²) in [6, 6.07) is 12.1. The predicted octanol–water partition coefficient (Wildman–Crippen LogP) is 2.91. The molecule has 4 heteroatoms. The second kappa shape index (κ2) is 7.92. The molecule has 22 heavy (non-hydrogen) atoms. The molecule has 0 saturated heterocycles. The molecule has 0 radical (unpaired) electrons. The van der Waals surface area contributed by atoms with Crippen LogP contribution in [-0.4, -0.2) is 29.8 Å². The van der Waals surface area contributed by atoms with Crippen LogP contribution < -0.4 is 10.1 Å². The van der Waals surface area contributed by atoms with E-state index in [0.717, 1.165) is 11.3 Å². The van der Waals surface area contributed by atoms with Crippen molar-refractivity contribution in [2.75, 3.05) is 13.7 Å². The number of aromatic nitrogens is 1. The van der Waals surface area contributed by atoms with Crippen LogP contribution in [-0.2, 0) is 0 Å². The molecule has 0 aliphatic rings. The van der Waals surface area contributed by atoms with Crippen LogP contribution in [0.2, 0.25) is 0 Å². The normalized spacial score (nSPS) is 15.1. The highest BCUT2D eigenvalue weighted by molar-refractivity contribution is 5.29. The Morgan fingerprint density at radius 1 is 1.05 bits per heavy atom. The standard InChI is InChI=1S/C18H24N2O2/c1-13(15-4-6-17(22-3)7-5-15)14(2)20-12-18(21)16-8-10-19-11-9-16/h4-11,13-14,18,20-21H,12H2,1-3H3. The zero-order valence-corrected chi connectivity index (χ0v) is 13.4. The van der Waals surface area contributed by atoms with Gasteiger partial charge in [-0.3, -0.25) is 4.98 Å². The number of benzene rings is 1. The monoisotopic (exact) mass is 300 g/mol. The average molecular weight is 300 g/mol. The molecule has 0 saturated carbocycles. The fourth-order valence-electron chi connectivity index (χ4n) is 2.37. The second-order valence-electron chi connectivity index (χ2n) is 5.56. The van der Waals surface area contributed by atoms with Crippen molar-refractivity contribution >= 4 is 0 Å². The van der Waals surface area contributed by atoms with Crippen molar-refractivity contribution in [1.29, 1.82) is 0 Å². The maximum absolute atomic E-state index is 10.2. The molecule has 4 nitrogen and oxygen atoms in total. The minimum Gasteiger partial charge on any atom is -0.497 e. The lowest BCUT2D eigenvalue weighted by atomic mass is 9.94. The molecule has 0 spiro atoms. The zero-order valence-electron chi connectivity index (χ0n) is 13.4. The number of nitrogens with one attached hydrogen (secondary N) is 1. The van der Waals surface area contributed by atoms with E-state index in [0.29, 0.717) is 12.5 Å². The number of pyridine rings is 1. The van der Waals surface area contributed by atoms with Crippen molar-refractivity contribution in [3.63, 3.8) is 0 Å². The molecule has 0 amide bonds. The first-order valence-corrected chi connectivity index (χ1v) is 7.57. The third kappa shape index (κ3) is 4.29. The molecule has 2 N–H and O–H groups in total. The molecule has 1 heterocycles. The zero-order chi connectivity index (χ0) is 15.9. The molecule has 3 unspecified atom stereocenters. The lowest BCUT2D eigenvalue weighted by molar-refractivity contribution is 0.169. The Morgan fingerprint density at radius 2 is 1.68 bits per heavy atom. The summed E-state index contributed by atoms with van der Waals surface area (Å²) in [5, 5.41) is 13.6. The van der Waals surface area contributed by atoms with Crippen molar-refractivity contribution in [3.8, 4) is 5.75 Å². The maximum atomic E-state index is 10.2. The van der Waals surface area contributed by atoms with Crippen LogP contribution in [0.3, 0.4) is 0 Å². The van der Waals surface area contributed by atoms with E-state index in [1.165, 1.54) is 5.56 Å². The lowest BCUT2D eigenvalue weighted by Gasteiger charge is -2.23. The van der Waals surface area contributed by atoms with Gasteiger partial charge in [-0.05, 0) is 48.2 Å². The smallest absolute Gasteiger partial charge is 0.118 e. The summed E-state index contributed by atoms with van der Waals surface area (Å²) in [5.41, 5.74) is 2.13. The SMILES string of the molecule is COc1ccc(C(C)C(C)NCC(O)c2ccncc2)cc1. The fourth-order valence-corrected chi connectivity index (χ4v) is 2.37. The van der Waals surface area contributed by atoms with Gasteiger partial charge in [0.15, 0.2) is 0 Å². The number of hydrogen-bond donors (Lipinski definition) is 2. The highest BCUT2D eigenvalue weighted by Crippen LogP contribution is 2.22. The van der Waals surface area contributed by atoms with Crippen LogP contribution in [0.25, 0.3) is 0 Å². The van der Waals surface area contributed by atoms with E-state index < -0.39 is 6.10 Å². The lowest BCUT2D eigenvalue weighted by Crippen LogP contribution is -2.34. The van der Waals surface area contributed by atoms with Gasteiger partial charge in [0.25, 0.3) is 0 Å². The van der Waals surface area contributed by atoms with E-state index >= 15 is 0 Å². The van der Waals surface area contributed by atoms with Crippen molar-refractivity contribution in [3.05, 3.63) is 59.9 Å². The van der Waals surface area contributed by atoms with Crippen LogP contribution in [0.1, 0.15) is 37.0 Å². The Kier molecular flexibility index (Phi) is 5.92. The van der Waals surface area contributed by atoms with E-state index in [1.54, 1.807) is 19.5 Å². The van der Waals surface area contributed by atoms with Gasteiger partial charge in [0, 0.05) is 25.0 Å². The van der Waals surface area contributed by atoms with Gasteiger partial charge in [0.05, 0.1) is 13.2 Å². The van der Waals surface area contributed by atoms with Crippen LogP contribution in [0.4, 0.5) is 0 Å².